The van der Waals surface area contributed by atoms with Crippen molar-refractivity contribution >= 4 is 5.91 Å². The lowest BCUT2D eigenvalue weighted by Gasteiger charge is -2.48. The van der Waals surface area contributed by atoms with Crippen LogP contribution in [0.1, 0.15) is 32.1 Å². The summed E-state index contributed by atoms with van der Waals surface area (Å²) in [5, 5.41) is 5.17. The molecule has 1 spiro atoms. The first kappa shape index (κ1) is 16.4. The molecule has 2 aliphatic rings. The fourth-order valence-electron chi connectivity index (χ4n) is 3.03. The van der Waals surface area contributed by atoms with Gasteiger partial charge in [-0.1, -0.05) is 0 Å². The third-order valence-electron chi connectivity index (χ3n) is 4.20. The predicted octanol–water partition coefficient (Wildman–Crippen LogP) is 2.52. The lowest BCUT2D eigenvalue weighted by atomic mass is 9.70. The van der Waals surface area contributed by atoms with Crippen LogP contribution in [0.2, 0.25) is 0 Å². The number of piperidine rings is 1. The van der Waals surface area contributed by atoms with Gasteiger partial charge in [0, 0.05) is 11.6 Å². The number of carbonyl (C=O) groups excluding carboxylic acids is 1. The van der Waals surface area contributed by atoms with Gasteiger partial charge in [0.05, 0.1) is 0 Å². The van der Waals surface area contributed by atoms with Crippen molar-refractivity contribution in [1.82, 2.24) is 10.6 Å². The molecule has 1 aliphatic heterocycles. The molecule has 1 saturated heterocycles. The molecule has 1 heterocycles. The number of carbonyl (C=O) groups is 1. The van der Waals surface area contributed by atoms with Crippen molar-refractivity contribution < 1.29 is 31.1 Å². The maximum absolute atomic E-state index is 12.5. The van der Waals surface area contributed by atoms with Crippen LogP contribution in [0.4, 0.5) is 26.3 Å². The fraction of sp³-hybridized carbons (Fsp3) is 0.917. The number of hydrogen-bond acceptors (Lipinski definition) is 2. The Morgan fingerprint density at radius 3 is 2.14 bits per heavy atom. The van der Waals surface area contributed by atoms with Gasteiger partial charge in [-0.3, -0.25) is 4.79 Å². The molecule has 1 aliphatic carbocycles. The van der Waals surface area contributed by atoms with Crippen LogP contribution in [-0.4, -0.2) is 36.4 Å². The van der Waals surface area contributed by atoms with Crippen molar-refractivity contribution in [3.63, 3.8) is 0 Å². The highest BCUT2D eigenvalue weighted by Gasteiger charge is 2.61. The summed E-state index contributed by atoms with van der Waals surface area (Å²) in [6, 6.07) is -0.647. The second-order valence-corrected chi connectivity index (χ2v) is 5.78. The Kier molecular flexibility index (Phi) is 4.16. The minimum Gasteiger partial charge on any atom is -0.352 e. The van der Waals surface area contributed by atoms with Gasteiger partial charge in [-0.25, -0.2) is 0 Å². The summed E-state index contributed by atoms with van der Waals surface area (Å²) in [6.07, 6.45) is -7.92. The summed E-state index contributed by atoms with van der Waals surface area (Å²) < 4.78 is 74.7. The first-order chi connectivity index (χ1) is 9.54. The number of halogens is 6. The molecule has 2 rings (SSSR count). The number of alkyl halides is 6. The molecule has 0 radical (unpaired) electrons. The highest BCUT2D eigenvalue weighted by atomic mass is 19.4. The average molecular weight is 318 g/mol. The standard InChI is InChI=1S/C12H16F6N2O/c13-11(14,15)8(12(16,17)18)9(21)20-7-2-5-19-10(6-7)3-1-4-10/h7-8,19H,1-6H2,(H,20,21). The van der Waals surface area contributed by atoms with Crippen LogP contribution in [0.15, 0.2) is 0 Å². The molecule has 2 N–H and O–H groups in total. The predicted molar refractivity (Wildman–Crippen MR) is 61.3 cm³/mol. The van der Waals surface area contributed by atoms with Gasteiger partial charge in [0.15, 0.2) is 0 Å². The first-order valence-corrected chi connectivity index (χ1v) is 6.72. The summed E-state index contributed by atoms with van der Waals surface area (Å²) in [7, 11) is 0. The molecule has 9 heteroatoms. The third-order valence-corrected chi connectivity index (χ3v) is 4.20. The van der Waals surface area contributed by atoms with E-state index in [2.05, 4.69) is 5.32 Å². The molecule has 21 heavy (non-hydrogen) atoms. The zero-order valence-corrected chi connectivity index (χ0v) is 11.1. The van der Waals surface area contributed by atoms with Gasteiger partial charge < -0.3 is 10.6 Å². The van der Waals surface area contributed by atoms with E-state index in [9.17, 15) is 31.1 Å². The van der Waals surface area contributed by atoms with Crippen molar-refractivity contribution in [3.8, 4) is 0 Å². The first-order valence-electron chi connectivity index (χ1n) is 6.72. The Labute approximate surface area is 117 Å². The zero-order valence-electron chi connectivity index (χ0n) is 11.1. The van der Waals surface area contributed by atoms with Gasteiger partial charge in [0.1, 0.15) is 0 Å². The van der Waals surface area contributed by atoms with E-state index >= 15 is 0 Å². The van der Waals surface area contributed by atoms with E-state index in [0.29, 0.717) is 19.4 Å². The maximum Gasteiger partial charge on any atom is 0.409 e. The lowest BCUT2D eigenvalue weighted by molar-refractivity contribution is -0.274. The van der Waals surface area contributed by atoms with Gasteiger partial charge in [0.25, 0.3) is 0 Å². The van der Waals surface area contributed by atoms with E-state index in [1.165, 1.54) is 0 Å². The lowest BCUT2D eigenvalue weighted by Crippen LogP contribution is -2.61. The Hall–Kier alpha value is -0.990. The van der Waals surface area contributed by atoms with Crippen LogP contribution in [0.5, 0.6) is 0 Å². The van der Waals surface area contributed by atoms with Crippen molar-refractivity contribution in [3.05, 3.63) is 0 Å². The SMILES string of the molecule is O=C(NC1CCNC2(CCC2)C1)C(C(F)(F)F)C(F)(F)F. The number of hydrogen-bond donors (Lipinski definition) is 2. The van der Waals surface area contributed by atoms with Gasteiger partial charge in [-0.05, 0) is 38.6 Å². The molecular weight excluding hydrogens is 302 g/mol. The second kappa shape index (κ2) is 5.33. The van der Waals surface area contributed by atoms with E-state index in [1.54, 1.807) is 0 Å². The number of amides is 1. The van der Waals surface area contributed by atoms with Crippen molar-refractivity contribution in [2.24, 2.45) is 5.92 Å². The van der Waals surface area contributed by atoms with Gasteiger partial charge in [-0.2, -0.15) is 26.3 Å². The van der Waals surface area contributed by atoms with E-state index in [4.69, 9.17) is 0 Å². The van der Waals surface area contributed by atoms with Gasteiger partial charge >= 0.3 is 12.4 Å². The van der Waals surface area contributed by atoms with E-state index in [1.807, 2.05) is 5.32 Å². The minimum absolute atomic E-state index is 0.220. The van der Waals surface area contributed by atoms with Crippen LogP contribution in [0.25, 0.3) is 0 Å². The number of rotatable bonds is 2. The molecular formula is C12H16F6N2O. The topological polar surface area (TPSA) is 41.1 Å². The van der Waals surface area contributed by atoms with Crippen LogP contribution in [0, 0.1) is 5.92 Å². The smallest absolute Gasteiger partial charge is 0.352 e. The molecule has 1 unspecified atom stereocenters. The molecule has 122 valence electrons. The normalized spacial score (nSPS) is 25.8. The summed E-state index contributed by atoms with van der Waals surface area (Å²) in [5.41, 5.74) is -0.220. The molecule has 0 aromatic heterocycles. The largest absolute Gasteiger partial charge is 0.409 e. The van der Waals surface area contributed by atoms with E-state index in [0.717, 1.165) is 19.3 Å². The Bertz CT molecular complexity index is 388. The van der Waals surface area contributed by atoms with E-state index in [-0.39, 0.29) is 5.54 Å². The Morgan fingerprint density at radius 1 is 1.14 bits per heavy atom. The van der Waals surface area contributed by atoms with Crippen LogP contribution in [0.3, 0.4) is 0 Å². The third kappa shape index (κ3) is 3.61. The molecule has 0 aromatic rings. The average Bonchev–Trinajstić information content (AvgIpc) is 2.22. The summed E-state index contributed by atoms with van der Waals surface area (Å²) in [6.45, 7) is 0.480. The summed E-state index contributed by atoms with van der Waals surface area (Å²) in [5.74, 6) is -5.96. The highest BCUT2D eigenvalue weighted by molar-refractivity contribution is 5.80. The van der Waals surface area contributed by atoms with Crippen molar-refractivity contribution in [1.29, 1.82) is 0 Å². The Morgan fingerprint density at radius 2 is 1.71 bits per heavy atom. The van der Waals surface area contributed by atoms with Crippen LogP contribution < -0.4 is 10.6 Å². The molecule has 1 atom stereocenters. The highest BCUT2D eigenvalue weighted by Crippen LogP contribution is 2.41. The van der Waals surface area contributed by atoms with Crippen molar-refractivity contribution in [2.45, 2.75) is 56.0 Å². The molecule has 1 amide bonds. The number of nitrogens with one attached hydrogen (secondary N) is 2. The second-order valence-electron chi connectivity index (χ2n) is 5.78. The van der Waals surface area contributed by atoms with Gasteiger partial charge in [0.2, 0.25) is 11.8 Å². The molecule has 0 bridgehead atoms. The maximum atomic E-state index is 12.5. The fourth-order valence-corrected chi connectivity index (χ4v) is 3.03. The van der Waals surface area contributed by atoms with Gasteiger partial charge in [-0.15, -0.1) is 0 Å². The summed E-state index contributed by atoms with van der Waals surface area (Å²) >= 11 is 0. The minimum atomic E-state index is -5.64. The Balaban J connectivity index is 2.02. The molecule has 1 saturated carbocycles. The summed E-state index contributed by atoms with van der Waals surface area (Å²) in [4.78, 5) is 11.5. The van der Waals surface area contributed by atoms with E-state index < -0.39 is 30.2 Å². The molecule has 0 aromatic carbocycles. The molecule has 3 nitrogen and oxygen atoms in total. The quantitative estimate of drug-likeness (QED) is 0.768. The van der Waals surface area contributed by atoms with Crippen molar-refractivity contribution in [2.75, 3.05) is 6.54 Å². The molecule has 2 fully saturated rings. The van der Waals surface area contributed by atoms with Crippen LogP contribution in [-0.2, 0) is 4.79 Å². The monoisotopic (exact) mass is 318 g/mol. The zero-order chi connectivity index (χ0) is 15.9. The van der Waals surface area contributed by atoms with Crippen LogP contribution >= 0.6 is 0 Å².